The van der Waals surface area contributed by atoms with Crippen molar-refractivity contribution in [1.29, 1.82) is 0 Å². The van der Waals surface area contributed by atoms with E-state index in [4.69, 9.17) is 4.74 Å². The number of esters is 1. The zero-order valence-corrected chi connectivity index (χ0v) is 16.8. The Bertz CT molecular complexity index is 1090. The van der Waals surface area contributed by atoms with Gasteiger partial charge < -0.3 is 9.84 Å². The molecule has 1 fully saturated rings. The van der Waals surface area contributed by atoms with Gasteiger partial charge in [-0.05, 0) is 49.4 Å². The average Bonchev–Trinajstić information content (AvgIpc) is 3.30. The summed E-state index contributed by atoms with van der Waals surface area (Å²) in [7, 11) is 0. The minimum Gasteiger partial charge on any atom is -0.462 e. The molecular weight excluding hydrogens is 419 g/mol. The van der Waals surface area contributed by atoms with Gasteiger partial charge in [-0.1, -0.05) is 6.07 Å². The fourth-order valence-electron chi connectivity index (χ4n) is 3.17. The van der Waals surface area contributed by atoms with E-state index in [0.29, 0.717) is 26.7 Å². The number of nitrogens with zero attached hydrogens (tertiary/aromatic N) is 3. The molecule has 10 heteroatoms. The van der Waals surface area contributed by atoms with E-state index >= 15 is 0 Å². The van der Waals surface area contributed by atoms with E-state index in [1.54, 1.807) is 12.1 Å². The lowest BCUT2D eigenvalue weighted by Gasteiger charge is -2.12. The molecule has 3 heterocycles. The van der Waals surface area contributed by atoms with E-state index in [9.17, 15) is 23.1 Å². The van der Waals surface area contributed by atoms with Gasteiger partial charge in [-0.15, -0.1) is 11.3 Å². The summed E-state index contributed by atoms with van der Waals surface area (Å²) < 4.78 is 46.6. The number of carbonyl (C=O) groups excluding carboxylic acids is 1. The highest BCUT2D eigenvalue weighted by Crippen LogP contribution is 2.46. The van der Waals surface area contributed by atoms with Crippen LogP contribution >= 0.6 is 11.3 Å². The van der Waals surface area contributed by atoms with E-state index in [0.717, 1.165) is 23.9 Å². The Labute approximate surface area is 173 Å². The van der Waals surface area contributed by atoms with Crippen LogP contribution in [0.4, 0.5) is 13.2 Å². The maximum Gasteiger partial charge on any atom is 0.434 e. The number of aliphatic hydroxyl groups excluding tert-OH is 1. The number of hydrogen-bond acceptors (Lipinski definition) is 6. The van der Waals surface area contributed by atoms with Crippen LogP contribution in [0.25, 0.3) is 16.4 Å². The Morgan fingerprint density at radius 3 is 2.77 bits per heavy atom. The molecule has 158 valence electrons. The zero-order chi connectivity index (χ0) is 21.5. The number of rotatable bonds is 6. The molecule has 1 aliphatic carbocycles. The first-order valence-electron chi connectivity index (χ1n) is 9.37. The monoisotopic (exact) mass is 437 g/mol. The Balaban J connectivity index is 1.79. The summed E-state index contributed by atoms with van der Waals surface area (Å²) in [6, 6.07) is 6.56. The number of pyridine rings is 1. The highest BCUT2D eigenvalue weighted by Gasteiger charge is 2.41. The molecule has 30 heavy (non-hydrogen) atoms. The zero-order valence-electron chi connectivity index (χ0n) is 15.9. The molecule has 0 bridgehead atoms. The van der Waals surface area contributed by atoms with E-state index in [1.165, 1.54) is 24.3 Å². The summed E-state index contributed by atoms with van der Waals surface area (Å²) in [5.41, 5.74) is -0.775. The number of ether oxygens (including phenoxy) is 1. The first-order chi connectivity index (χ1) is 14.3. The fraction of sp³-hybridized carbons (Fsp3) is 0.350. The first-order valence-corrected chi connectivity index (χ1v) is 10.2. The lowest BCUT2D eigenvalue weighted by atomic mass is 10.2. The van der Waals surface area contributed by atoms with Crippen molar-refractivity contribution < 1.29 is 27.8 Å². The van der Waals surface area contributed by atoms with E-state index < -0.39 is 23.4 Å². The third-order valence-corrected chi connectivity index (χ3v) is 6.06. The molecule has 0 saturated heterocycles. The lowest BCUT2D eigenvalue weighted by Crippen LogP contribution is -2.19. The van der Waals surface area contributed by atoms with Crippen molar-refractivity contribution >= 4 is 17.3 Å². The molecule has 0 radical (unpaired) electrons. The molecule has 0 aliphatic heterocycles. The van der Waals surface area contributed by atoms with Crippen LogP contribution in [-0.2, 0) is 17.5 Å². The van der Waals surface area contributed by atoms with Crippen molar-refractivity contribution in [3.05, 3.63) is 52.2 Å². The normalized spacial score (nSPS) is 14.2. The molecule has 0 unspecified atom stereocenters. The topological polar surface area (TPSA) is 77.2 Å². The molecule has 4 rings (SSSR count). The van der Waals surface area contributed by atoms with E-state index in [2.05, 4.69) is 10.1 Å². The Morgan fingerprint density at radius 2 is 2.13 bits per heavy atom. The summed E-state index contributed by atoms with van der Waals surface area (Å²) in [4.78, 5) is 18.2. The molecule has 3 aromatic rings. The number of halogens is 3. The van der Waals surface area contributed by atoms with Crippen LogP contribution in [-0.4, -0.2) is 32.4 Å². The third kappa shape index (κ3) is 3.84. The lowest BCUT2D eigenvalue weighted by molar-refractivity contribution is -0.143. The first kappa shape index (κ1) is 20.5. The standard InChI is InChI=1S/C20H18F3N3O3S/c1-2-29-19(28)13-9-24-26(18(13)20(21,22)23)16-5-3-4-14(25-16)17-12(10-27)8-15(30-17)11-6-7-11/h3-5,8-9,11,27H,2,6-7,10H2,1H3. The van der Waals surface area contributed by atoms with Crippen LogP contribution in [0.5, 0.6) is 0 Å². The quantitative estimate of drug-likeness (QED) is 0.572. The SMILES string of the molecule is CCOC(=O)c1cnn(-c2cccc(-c3sc(C4CC4)cc3CO)n2)c1C(F)(F)F. The summed E-state index contributed by atoms with van der Waals surface area (Å²) in [6.07, 6.45) is -1.81. The average molecular weight is 437 g/mol. The molecule has 1 N–H and O–H groups in total. The van der Waals surface area contributed by atoms with Crippen molar-refractivity contribution in [1.82, 2.24) is 14.8 Å². The molecular formula is C20H18F3N3O3S. The molecule has 0 spiro atoms. The van der Waals surface area contributed by atoms with Crippen molar-refractivity contribution in [2.75, 3.05) is 6.61 Å². The van der Waals surface area contributed by atoms with Crippen molar-refractivity contribution in [2.24, 2.45) is 0 Å². The summed E-state index contributed by atoms with van der Waals surface area (Å²) in [6.45, 7) is 1.27. The van der Waals surface area contributed by atoms with Crippen molar-refractivity contribution in [2.45, 2.75) is 38.5 Å². The number of aliphatic hydroxyl groups is 1. The van der Waals surface area contributed by atoms with E-state index in [-0.39, 0.29) is 19.0 Å². The molecule has 3 aromatic heterocycles. The Hall–Kier alpha value is -2.72. The van der Waals surface area contributed by atoms with Gasteiger partial charge in [0.2, 0.25) is 0 Å². The van der Waals surface area contributed by atoms with Crippen LogP contribution in [0.15, 0.2) is 30.5 Å². The molecule has 0 amide bonds. The Kier molecular flexibility index (Phi) is 5.37. The molecule has 6 nitrogen and oxygen atoms in total. The van der Waals surface area contributed by atoms with Gasteiger partial charge in [0, 0.05) is 4.88 Å². The second-order valence-electron chi connectivity index (χ2n) is 6.85. The van der Waals surface area contributed by atoms with Gasteiger partial charge in [0.15, 0.2) is 11.5 Å². The van der Waals surface area contributed by atoms with Crippen molar-refractivity contribution in [3.8, 4) is 16.4 Å². The predicted molar refractivity (Wildman–Crippen MR) is 104 cm³/mol. The van der Waals surface area contributed by atoms with Gasteiger partial charge in [0.05, 0.1) is 30.0 Å². The summed E-state index contributed by atoms with van der Waals surface area (Å²) in [5.74, 6) is -0.699. The largest absolute Gasteiger partial charge is 0.462 e. The summed E-state index contributed by atoms with van der Waals surface area (Å²) >= 11 is 1.49. The van der Waals surface area contributed by atoms with Gasteiger partial charge in [-0.25, -0.2) is 14.5 Å². The third-order valence-electron chi connectivity index (χ3n) is 4.70. The van der Waals surface area contributed by atoms with Gasteiger partial charge in [-0.2, -0.15) is 18.3 Å². The van der Waals surface area contributed by atoms with Gasteiger partial charge in [-0.3, -0.25) is 0 Å². The number of thiophene rings is 1. The maximum absolute atomic E-state index is 13.7. The van der Waals surface area contributed by atoms with Crippen LogP contribution in [0.1, 0.15) is 52.2 Å². The highest BCUT2D eigenvalue weighted by atomic mass is 32.1. The van der Waals surface area contributed by atoms with Gasteiger partial charge in [0.1, 0.15) is 5.56 Å². The minimum absolute atomic E-state index is 0.0549. The minimum atomic E-state index is -4.84. The Morgan fingerprint density at radius 1 is 1.37 bits per heavy atom. The van der Waals surface area contributed by atoms with Gasteiger partial charge >= 0.3 is 12.1 Å². The molecule has 0 aromatic carbocycles. The number of hydrogen-bond donors (Lipinski definition) is 1. The second kappa shape index (κ2) is 7.84. The molecule has 0 atom stereocenters. The van der Waals surface area contributed by atoms with Crippen molar-refractivity contribution in [3.63, 3.8) is 0 Å². The summed E-state index contributed by atoms with van der Waals surface area (Å²) in [5, 5.41) is 13.5. The van der Waals surface area contributed by atoms with Crippen LogP contribution in [0.2, 0.25) is 0 Å². The number of alkyl halides is 3. The van der Waals surface area contributed by atoms with Crippen LogP contribution in [0, 0.1) is 0 Å². The van der Waals surface area contributed by atoms with Crippen LogP contribution < -0.4 is 0 Å². The molecule has 1 aliphatic rings. The fourth-order valence-corrected chi connectivity index (χ4v) is 4.49. The second-order valence-corrected chi connectivity index (χ2v) is 7.94. The molecule has 1 saturated carbocycles. The van der Waals surface area contributed by atoms with E-state index in [1.807, 2.05) is 6.07 Å². The number of aromatic nitrogens is 3. The van der Waals surface area contributed by atoms with Crippen LogP contribution in [0.3, 0.4) is 0 Å². The highest BCUT2D eigenvalue weighted by molar-refractivity contribution is 7.15. The number of carbonyl (C=O) groups is 1. The smallest absolute Gasteiger partial charge is 0.434 e. The maximum atomic E-state index is 13.7. The predicted octanol–water partition coefficient (Wildman–Crippen LogP) is 4.56. The van der Waals surface area contributed by atoms with Gasteiger partial charge in [0.25, 0.3) is 0 Å².